The van der Waals surface area contributed by atoms with Gasteiger partial charge in [0.25, 0.3) is 0 Å². The van der Waals surface area contributed by atoms with Crippen molar-refractivity contribution in [2.75, 3.05) is 5.75 Å². The molecule has 1 heterocycles. The van der Waals surface area contributed by atoms with Gasteiger partial charge in [0, 0.05) is 22.9 Å². The van der Waals surface area contributed by atoms with Crippen LogP contribution in [0.1, 0.15) is 16.7 Å². The number of aryl methyl sites for hydroxylation is 2. The summed E-state index contributed by atoms with van der Waals surface area (Å²) in [6, 6.07) is 6.91. The molecule has 0 saturated heterocycles. The molecule has 0 aliphatic rings. The molecule has 0 bridgehead atoms. The topological polar surface area (TPSA) is 51.3 Å². The van der Waals surface area contributed by atoms with Crippen LogP contribution < -0.4 is 5.73 Å². The maximum atomic E-state index is 12.4. The summed E-state index contributed by atoms with van der Waals surface area (Å²) < 4.78 is 37.2. The van der Waals surface area contributed by atoms with Crippen molar-refractivity contribution >= 4 is 23.3 Å². The first-order valence-electron chi connectivity index (χ1n) is 6.81. The fourth-order valence-electron chi connectivity index (χ4n) is 1.97. The second-order valence-electron chi connectivity index (χ2n) is 5.04. The number of benzene rings is 1. The summed E-state index contributed by atoms with van der Waals surface area (Å²) in [5, 5.41) is 0. The Morgan fingerprint density at radius 1 is 1.17 bits per heavy atom. The van der Waals surface area contributed by atoms with Crippen LogP contribution in [-0.4, -0.2) is 22.7 Å². The van der Waals surface area contributed by atoms with Crippen molar-refractivity contribution < 1.29 is 13.2 Å². The van der Waals surface area contributed by atoms with Crippen LogP contribution in [0.25, 0.3) is 0 Å². The molecule has 0 atom stereocenters. The number of hydrogen-bond acceptors (Lipinski definition) is 3. The van der Waals surface area contributed by atoms with E-state index in [1.54, 1.807) is 37.5 Å². The summed E-state index contributed by atoms with van der Waals surface area (Å²) in [5.41, 5.74) is 8.89. The van der Waals surface area contributed by atoms with Gasteiger partial charge in [-0.3, -0.25) is 4.98 Å². The Bertz CT molecular complexity index is 713. The maximum Gasteiger partial charge on any atom is 0.398 e. The highest BCUT2D eigenvalue weighted by Crippen LogP contribution is 2.33. The molecule has 7 heteroatoms. The average molecular weight is 339 g/mol. The molecule has 1 aromatic carbocycles. The third kappa shape index (κ3) is 4.99. The molecule has 2 aromatic rings. The summed E-state index contributed by atoms with van der Waals surface area (Å²) >= 11 is 0.755. The number of amidine groups is 1. The number of hydrogen-bond donors (Lipinski definition) is 1. The first-order chi connectivity index (χ1) is 10.8. The van der Waals surface area contributed by atoms with Crippen molar-refractivity contribution in [1.82, 2.24) is 4.98 Å². The average Bonchev–Trinajstić information content (AvgIpc) is 2.48. The van der Waals surface area contributed by atoms with Crippen molar-refractivity contribution in [2.45, 2.75) is 24.9 Å². The molecule has 2 N–H and O–H groups in total. The minimum atomic E-state index is -4.21. The molecule has 3 nitrogen and oxygen atoms in total. The monoisotopic (exact) mass is 339 g/mol. The Kier molecular flexibility index (Phi) is 5.30. The molecule has 0 radical (unpaired) electrons. The van der Waals surface area contributed by atoms with Gasteiger partial charge in [-0.1, -0.05) is 6.07 Å². The lowest BCUT2D eigenvalue weighted by Gasteiger charge is -2.11. The first-order valence-corrected chi connectivity index (χ1v) is 7.80. The van der Waals surface area contributed by atoms with Crippen LogP contribution >= 0.6 is 11.8 Å². The Morgan fingerprint density at radius 2 is 1.83 bits per heavy atom. The van der Waals surface area contributed by atoms with Gasteiger partial charge in [-0.15, -0.1) is 11.8 Å². The summed E-state index contributed by atoms with van der Waals surface area (Å²) in [6.07, 6.45) is -1.00. The Labute approximate surface area is 136 Å². The molecule has 0 spiro atoms. The van der Waals surface area contributed by atoms with E-state index in [2.05, 4.69) is 9.98 Å². The zero-order valence-corrected chi connectivity index (χ0v) is 13.5. The number of halogens is 3. The fourth-order valence-corrected chi connectivity index (χ4v) is 2.77. The number of aliphatic imine (C=N–C) groups is 1. The maximum absolute atomic E-state index is 12.4. The van der Waals surface area contributed by atoms with Crippen molar-refractivity contribution in [3.8, 4) is 0 Å². The van der Waals surface area contributed by atoms with Crippen molar-refractivity contribution in [1.29, 1.82) is 0 Å². The van der Waals surface area contributed by atoms with Gasteiger partial charge >= 0.3 is 6.18 Å². The molecule has 2 rings (SSSR count). The molecular formula is C16H16F3N3S. The van der Waals surface area contributed by atoms with E-state index in [1.165, 1.54) is 0 Å². The number of rotatable bonds is 4. The van der Waals surface area contributed by atoms with E-state index in [-0.39, 0.29) is 0 Å². The van der Waals surface area contributed by atoms with Crippen molar-refractivity contribution in [2.24, 2.45) is 10.7 Å². The highest BCUT2D eigenvalue weighted by molar-refractivity contribution is 7.99. The smallest absolute Gasteiger partial charge is 0.383 e. The SMILES string of the molecule is Cc1cc(C)c(SCC(F)(F)F)cc1/N=C(\N)c1ccncc1. The number of aromatic nitrogens is 1. The van der Waals surface area contributed by atoms with Gasteiger partial charge in [-0.2, -0.15) is 13.2 Å². The summed E-state index contributed by atoms with van der Waals surface area (Å²) in [4.78, 5) is 8.80. The Morgan fingerprint density at radius 3 is 2.43 bits per heavy atom. The van der Waals surface area contributed by atoms with E-state index >= 15 is 0 Å². The van der Waals surface area contributed by atoms with Crippen LogP contribution in [0, 0.1) is 13.8 Å². The van der Waals surface area contributed by atoms with Gasteiger partial charge in [0.05, 0.1) is 11.4 Å². The van der Waals surface area contributed by atoms with Crippen LogP contribution in [0.3, 0.4) is 0 Å². The number of alkyl halides is 3. The number of thioether (sulfide) groups is 1. The van der Waals surface area contributed by atoms with Crippen molar-refractivity contribution in [3.63, 3.8) is 0 Å². The molecule has 23 heavy (non-hydrogen) atoms. The minimum Gasteiger partial charge on any atom is -0.383 e. The highest BCUT2D eigenvalue weighted by Gasteiger charge is 2.27. The number of pyridine rings is 1. The van der Waals surface area contributed by atoms with Gasteiger partial charge in [-0.25, -0.2) is 4.99 Å². The van der Waals surface area contributed by atoms with E-state index in [0.717, 1.165) is 22.9 Å². The van der Waals surface area contributed by atoms with Crippen LogP contribution in [0.15, 0.2) is 46.5 Å². The second-order valence-corrected chi connectivity index (χ2v) is 6.06. The third-order valence-corrected chi connectivity index (χ3v) is 4.32. The lowest BCUT2D eigenvalue weighted by molar-refractivity contribution is -0.105. The fraction of sp³-hybridized carbons (Fsp3) is 0.250. The predicted octanol–water partition coefficient (Wildman–Crippen LogP) is 4.39. The molecule has 0 amide bonds. The van der Waals surface area contributed by atoms with Gasteiger partial charge in [0.1, 0.15) is 5.84 Å². The zero-order chi connectivity index (χ0) is 17.0. The van der Waals surface area contributed by atoms with Crippen LogP contribution in [0.4, 0.5) is 18.9 Å². The summed E-state index contributed by atoms with van der Waals surface area (Å²) in [7, 11) is 0. The van der Waals surface area contributed by atoms with Crippen molar-refractivity contribution in [3.05, 3.63) is 53.3 Å². The quantitative estimate of drug-likeness (QED) is 0.511. The zero-order valence-electron chi connectivity index (χ0n) is 12.7. The van der Waals surface area contributed by atoms with Crippen LogP contribution in [0.2, 0.25) is 0 Å². The van der Waals surface area contributed by atoms with E-state index in [9.17, 15) is 13.2 Å². The van der Waals surface area contributed by atoms with Crippen LogP contribution in [0.5, 0.6) is 0 Å². The first kappa shape index (κ1) is 17.3. The Balaban J connectivity index is 2.32. The van der Waals surface area contributed by atoms with Gasteiger partial charge in [0.2, 0.25) is 0 Å². The van der Waals surface area contributed by atoms with E-state index in [1.807, 2.05) is 13.0 Å². The third-order valence-electron chi connectivity index (χ3n) is 3.10. The highest BCUT2D eigenvalue weighted by atomic mass is 32.2. The summed E-state index contributed by atoms with van der Waals surface area (Å²) in [6.45, 7) is 3.63. The molecular weight excluding hydrogens is 323 g/mol. The largest absolute Gasteiger partial charge is 0.398 e. The van der Waals surface area contributed by atoms with E-state index in [0.29, 0.717) is 22.0 Å². The lowest BCUT2D eigenvalue weighted by Crippen LogP contribution is -2.13. The summed E-state index contributed by atoms with van der Waals surface area (Å²) in [5.74, 6) is -0.633. The molecule has 0 fully saturated rings. The van der Waals surface area contributed by atoms with Gasteiger partial charge < -0.3 is 5.73 Å². The molecule has 122 valence electrons. The van der Waals surface area contributed by atoms with E-state index < -0.39 is 11.9 Å². The molecule has 0 saturated carbocycles. The lowest BCUT2D eigenvalue weighted by atomic mass is 10.1. The molecule has 1 aromatic heterocycles. The second kappa shape index (κ2) is 7.04. The number of nitrogens with zero attached hydrogens (tertiary/aromatic N) is 2. The normalized spacial score (nSPS) is 12.5. The molecule has 0 aliphatic carbocycles. The minimum absolute atomic E-state index is 0.297. The molecule has 0 aliphatic heterocycles. The van der Waals surface area contributed by atoms with Gasteiger partial charge in [-0.05, 0) is 43.2 Å². The predicted molar refractivity (Wildman–Crippen MR) is 87.3 cm³/mol. The standard InChI is InChI=1S/C16H16F3N3S/c1-10-7-11(2)14(23-9-16(17,18)19)8-13(10)22-15(20)12-3-5-21-6-4-12/h3-8H,9H2,1-2H3,(H2,20,22). The van der Waals surface area contributed by atoms with E-state index in [4.69, 9.17) is 5.73 Å². The van der Waals surface area contributed by atoms with Crippen LogP contribution in [-0.2, 0) is 0 Å². The Hall–Kier alpha value is -2.02. The number of nitrogens with two attached hydrogens (primary N) is 1. The molecule has 0 unspecified atom stereocenters. The van der Waals surface area contributed by atoms with Gasteiger partial charge in [0.15, 0.2) is 0 Å².